The Balaban J connectivity index is 1.52. The zero-order valence-electron chi connectivity index (χ0n) is 9.69. The van der Waals surface area contributed by atoms with Crippen molar-refractivity contribution >= 4 is 5.91 Å². The van der Waals surface area contributed by atoms with Crippen LogP contribution >= 0.6 is 0 Å². The summed E-state index contributed by atoms with van der Waals surface area (Å²) in [5, 5.41) is 12.9. The molecule has 3 saturated carbocycles. The van der Waals surface area contributed by atoms with Crippen molar-refractivity contribution < 1.29 is 9.90 Å². The number of rotatable bonds is 2. The summed E-state index contributed by atoms with van der Waals surface area (Å²) < 4.78 is 0. The summed E-state index contributed by atoms with van der Waals surface area (Å²) in [5.41, 5.74) is 0. The van der Waals surface area contributed by atoms with Crippen molar-refractivity contribution in [2.24, 2.45) is 17.8 Å². The molecule has 0 spiro atoms. The maximum atomic E-state index is 12.0. The van der Waals surface area contributed by atoms with Crippen molar-refractivity contribution in [1.29, 1.82) is 0 Å². The standard InChI is InChI=1S/C13H21NO2/c15-11-7-2-1-6-10(11)14-13(16)12-8-4-3-5-9(8)12/h8-12,15H,1-7H2,(H,14,16)/t8?,9?,10-,11-,12?/m1/s1. The van der Waals surface area contributed by atoms with Crippen LogP contribution < -0.4 is 5.32 Å². The Hall–Kier alpha value is -0.570. The molecule has 90 valence electrons. The molecule has 3 nitrogen and oxygen atoms in total. The van der Waals surface area contributed by atoms with Crippen LogP contribution in [0.25, 0.3) is 0 Å². The molecule has 0 heterocycles. The minimum atomic E-state index is -0.309. The topological polar surface area (TPSA) is 49.3 Å². The zero-order chi connectivity index (χ0) is 11.1. The highest BCUT2D eigenvalue weighted by molar-refractivity contribution is 5.82. The average molecular weight is 223 g/mol. The van der Waals surface area contributed by atoms with Gasteiger partial charge in [-0.2, -0.15) is 0 Å². The van der Waals surface area contributed by atoms with E-state index in [2.05, 4.69) is 5.32 Å². The van der Waals surface area contributed by atoms with Gasteiger partial charge in [-0.25, -0.2) is 0 Å². The minimum Gasteiger partial charge on any atom is -0.391 e. The zero-order valence-corrected chi connectivity index (χ0v) is 9.69. The Morgan fingerprint density at radius 2 is 1.69 bits per heavy atom. The van der Waals surface area contributed by atoms with Gasteiger partial charge in [0.1, 0.15) is 0 Å². The van der Waals surface area contributed by atoms with Crippen LogP contribution in [0.1, 0.15) is 44.9 Å². The van der Waals surface area contributed by atoms with Crippen LogP contribution in [0.4, 0.5) is 0 Å². The largest absolute Gasteiger partial charge is 0.391 e. The van der Waals surface area contributed by atoms with Gasteiger partial charge in [0, 0.05) is 5.92 Å². The summed E-state index contributed by atoms with van der Waals surface area (Å²) in [6.07, 6.45) is 7.53. The predicted molar refractivity (Wildman–Crippen MR) is 60.7 cm³/mol. The molecule has 3 heteroatoms. The van der Waals surface area contributed by atoms with Gasteiger partial charge in [0.2, 0.25) is 5.91 Å². The van der Waals surface area contributed by atoms with Crippen molar-refractivity contribution in [3.63, 3.8) is 0 Å². The van der Waals surface area contributed by atoms with Crippen molar-refractivity contribution in [1.82, 2.24) is 5.32 Å². The first-order valence-electron chi connectivity index (χ1n) is 6.76. The van der Waals surface area contributed by atoms with E-state index in [1.54, 1.807) is 0 Å². The highest BCUT2D eigenvalue weighted by atomic mass is 16.3. The van der Waals surface area contributed by atoms with E-state index in [9.17, 15) is 9.90 Å². The van der Waals surface area contributed by atoms with E-state index in [1.165, 1.54) is 19.3 Å². The molecule has 16 heavy (non-hydrogen) atoms. The second-order valence-electron chi connectivity index (χ2n) is 5.75. The van der Waals surface area contributed by atoms with E-state index in [0.29, 0.717) is 17.8 Å². The Morgan fingerprint density at radius 3 is 2.38 bits per heavy atom. The summed E-state index contributed by atoms with van der Waals surface area (Å²) in [7, 11) is 0. The third kappa shape index (κ3) is 1.75. The molecule has 0 aromatic rings. The van der Waals surface area contributed by atoms with Gasteiger partial charge in [0.25, 0.3) is 0 Å². The molecule has 0 radical (unpaired) electrons. The van der Waals surface area contributed by atoms with Crippen molar-refractivity contribution in [3.8, 4) is 0 Å². The van der Waals surface area contributed by atoms with Gasteiger partial charge in [0.05, 0.1) is 12.1 Å². The molecule has 1 amide bonds. The monoisotopic (exact) mass is 223 g/mol. The highest BCUT2D eigenvalue weighted by Gasteiger charge is 2.56. The quantitative estimate of drug-likeness (QED) is 0.744. The third-order valence-corrected chi connectivity index (χ3v) is 4.77. The van der Waals surface area contributed by atoms with Crippen LogP contribution in [-0.4, -0.2) is 23.2 Å². The van der Waals surface area contributed by atoms with Crippen molar-refractivity contribution in [2.45, 2.75) is 57.1 Å². The molecule has 3 aliphatic rings. The van der Waals surface area contributed by atoms with Gasteiger partial charge in [-0.3, -0.25) is 4.79 Å². The normalized spacial score (nSPS) is 46.2. The number of hydrogen-bond donors (Lipinski definition) is 2. The summed E-state index contributed by atoms with van der Waals surface area (Å²) in [6.45, 7) is 0. The van der Waals surface area contributed by atoms with E-state index in [0.717, 1.165) is 25.7 Å². The fourth-order valence-electron chi connectivity index (χ4n) is 3.77. The van der Waals surface area contributed by atoms with Gasteiger partial charge in [-0.05, 0) is 37.5 Å². The molecule has 3 rings (SSSR count). The number of carbonyl (C=O) groups excluding carboxylic acids is 1. The summed E-state index contributed by atoms with van der Waals surface area (Å²) >= 11 is 0. The first-order valence-corrected chi connectivity index (χ1v) is 6.76. The maximum Gasteiger partial charge on any atom is 0.223 e. The first kappa shape index (κ1) is 10.6. The third-order valence-electron chi connectivity index (χ3n) is 4.77. The van der Waals surface area contributed by atoms with Gasteiger partial charge in [-0.1, -0.05) is 19.3 Å². The Kier molecular flexibility index (Phi) is 2.66. The molecule has 0 aliphatic heterocycles. The van der Waals surface area contributed by atoms with Crippen molar-refractivity contribution in [2.75, 3.05) is 0 Å². The number of carbonyl (C=O) groups is 1. The minimum absolute atomic E-state index is 0.0302. The van der Waals surface area contributed by atoms with E-state index in [1.807, 2.05) is 0 Å². The van der Waals surface area contributed by atoms with Crippen LogP contribution in [0.15, 0.2) is 0 Å². The van der Waals surface area contributed by atoms with Gasteiger partial charge in [-0.15, -0.1) is 0 Å². The lowest BCUT2D eigenvalue weighted by Gasteiger charge is -2.28. The molecule has 4 atom stereocenters. The summed E-state index contributed by atoms with van der Waals surface area (Å²) in [5.74, 6) is 1.88. The Morgan fingerprint density at radius 1 is 1.00 bits per heavy atom. The van der Waals surface area contributed by atoms with Crippen molar-refractivity contribution in [3.05, 3.63) is 0 Å². The fourth-order valence-corrected chi connectivity index (χ4v) is 3.77. The van der Waals surface area contributed by atoms with Crippen LogP contribution in [-0.2, 0) is 4.79 Å². The number of hydrogen-bond acceptors (Lipinski definition) is 2. The molecule has 0 saturated heterocycles. The van der Waals surface area contributed by atoms with E-state index in [4.69, 9.17) is 0 Å². The fraction of sp³-hybridized carbons (Fsp3) is 0.923. The molecular formula is C13H21NO2. The lowest BCUT2D eigenvalue weighted by atomic mass is 9.92. The molecule has 0 aromatic heterocycles. The highest BCUT2D eigenvalue weighted by Crippen LogP contribution is 2.57. The van der Waals surface area contributed by atoms with Gasteiger partial charge >= 0.3 is 0 Å². The lowest BCUT2D eigenvalue weighted by molar-refractivity contribution is -0.125. The Bertz CT molecular complexity index is 282. The lowest BCUT2D eigenvalue weighted by Crippen LogP contribution is -2.46. The number of fused-ring (bicyclic) bond motifs is 1. The second-order valence-corrected chi connectivity index (χ2v) is 5.75. The molecule has 2 N–H and O–H groups in total. The number of aliphatic hydroxyl groups is 1. The number of nitrogens with one attached hydrogen (secondary N) is 1. The van der Waals surface area contributed by atoms with Crippen LogP contribution in [0.5, 0.6) is 0 Å². The van der Waals surface area contributed by atoms with Crippen LogP contribution in [0.3, 0.4) is 0 Å². The maximum absolute atomic E-state index is 12.0. The van der Waals surface area contributed by atoms with E-state index in [-0.39, 0.29) is 18.1 Å². The second kappa shape index (κ2) is 4.02. The predicted octanol–water partition coefficient (Wildman–Crippen LogP) is 1.45. The molecule has 3 aliphatic carbocycles. The number of aliphatic hydroxyl groups excluding tert-OH is 1. The molecule has 3 fully saturated rings. The van der Waals surface area contributed by atoms with Gasteiger partial charge < -0.3 is 10.4 Å². The molecule has 0 aromatic carbocycles. The smallest absolute Gasteiger partial charge is 0.223 e. The molecule has 2 unspecified atom stereocenters. The summed E-state index contributed by atoms with van der Waals surface area (Å²) in [4.78, 5) is 12.0. The number of amides is 1. The summed E-state index contributed by atoms with van der Waals surface area (Å²) in [6, 6.07) is 0.0302. The van der Waals surface area contributed by atoms with Crippen LogP contribution in [0.2, 0.25) is 0 Å². The first-order chi connectivity index (χ1) is 7.77. The van der Waals surface area contributed by atoms with E-state index >= 15 is 0 Å². The average Bonchev–Trinajstić information content (AvgIpc) is 2.76. The molecule has 0 bridgehead atoms. The van der Waals surface area contributed by atoms with Gasteiger partial charge in [0.15, 0.2) is 0 Å². The van der Waals surface area contributed by atoms with Crippen LogP contribution in [0, 0.1) is 17.8 Å². The Labute approximate surface area is 96.6 Å². The molecular weight excluding hydrogens is 202 g/mol. The van der Waals surface area contributed by atoms with E-state index < -0.39 is 0 Å². The SMILES string of the molecule is O=C(N[C@@H]1CCCC[C@H]1O)C1C2CCCC21.